The van der Waals surface area contributed by atoms with E-state index in [1.54, 1.807) is 13.3 Å². The van der Waals surface area contributed by atoms with Gasteiger partial charge >= 0.3 is 113 Å². The van der Waals surface area contributed by atoms with E-state index in [1.807, 2.05) is 6.07 Å². The molecule has 0 saturated carbocycles. The van der Waals surface area contributed by atoms with Gasteiger partial charge in [-0.15, -0.1) is 0 Å². The zero-order chi connectivity index (χ0) is 10.8. The molecule has 0 bridgehead atoms. The summed E-state index contributed by atoms with van der Waals surface area (Å²) in [5.41, 5.74) is 2.03. The molecule has 2 rings (SSSR count). The second kappa shape index (κ2) is 4.84. The van der Waals surface area contributed by atoms with Crippen LogP contribution < -0.4 is 21.2 Å². The molecule has 0 amide bonds. The van der Waals surface area contributed by atoms with Gasteiger partial charge in [0.2, 0.25) is 0 Å². The van der Waals surface area contributed by atoms with Crippen molar-refractivity contribution in [3.63, 3.8) is 0 Å². The molecule has 5 heteroatoms. The summed E-state index contributed by atoms with van der Waals surface area (Å²) >= 11 is 9.29. The molecule has 0 fully saturated rings. The van der Waals surface area contributed by atoms with E-state index in [2.05, 4.69) is 29.1 Å². The molecule has 0 saturated heterocycles. The van der Waals surface area contributed by atoms with Crippen molar-refractivity contribution >= 4 is 37.8 Å². The van der Waals surface area contributed by atoms with Crippen LogP contribution in [0.5, 0.6) is 0 Å². The number of fused-ring (bicyclic) bond motifs is 1. The fraction of sp³-hybridized carbons (Fsp3) is 0.100. The summed E-state index contributed by atoms with van der Waals surface area (Å²) in [5.74, 6) is 0.882. The van der Waals surface area contributed by atoms with Gasteiger partial charge in [0.05, 0.1) is 0 Å². The average Bonchev–Trinajstić information content (AvgIpc) is 2.38. The molecule has 0 N–H and O–H groups in total. The van der Waals surface area contributed by atoms with Crippen LogP contribution in [-0.4, -0.2) is 12.1 Å². The molecule has 1 aromatic heterocycles. The van der Waals surface area contributed by atoms with Crippen LogP contribution >= 0.6 is 27.5 Å². The molecule has 0 aliphatic carbocycles. The molecule has 0 atom stereocenters. The summed E-state index contributed by atoms with van der Waals surface area (Å²) in [6.45, 7) is 0. The zero-order valence-corrected chi connectivity index (χ0v) is 12.3. The quantitative estimate of drug-likeness (QED) is 0.506. The summed E-state index contributed by atoms with van der Waals surface area (Å²) in [7, 11) is 1.67. The molecule has 1 aliphatic heterocycles. The average molecular weight is 399 g/mol. The summed E-state index contributed by atoms with van der Waals surface area (Å²) in [6, 6.07) is 1.85. The summed E-state index contributed by atoms with van der Waals surface area (Å²) in [6.07, 6.45) is 1.75. The molecule has 2 heterocycles. The molecule has 2 nitrogen and oxygen atoms in total. The van der Waals surface area contributed by atoms with E-state index in [9.17, 15) is 0 Å². The van der Waals surface area contributed by atoms with Crippen LogP contribution in [-0.2, 0) is 4.74 Å². The first-order chi connectivity index (χ1) is 7.22. The maximum atomic E-state index is 5.88. The Morgan fingerprint density at radius 3 is 2.93 bits per heavy atom. The second-order valence-electron chi connectivity index (χ2n) is 2.81. The molecule has 1 aliphatic rings. The monoisotopic (exact) mass is 398 g/mol. The van der Waals surface area contributed by atoms with Crippen molar-refractivity contribution in [1.82, 2.24) is 4.98 Å². The van der Waals surface area contributed by atoms with Gasteiger partial charge in [0.25, 0.3) is 0 Å². The molecule has 80 valence electrons. The van der Waals surface area contributed by atoms with Crippen LogP contribution in [0.15, 0.2) is 20.4 Å². The van der Waals surface area contributed by atoms with E-state index in [4.69, 9.17) is 16.3 Å². The Bertz CT molecular complexity index is 459. The second-order valence-corrected chi connectivity index (χ2v) is 6.02. The van der Waals surface area contributed by atoms with Gasteiger partial charge in [-0.1, -0.05) is 0 Å². The van der Waals surface area contributed by atoms with E-state index in [-0.39, 0.29) is 21.2 Å². The number of methoxy groups -OCH3 is 1. The third kappa shape index (κ3) is 2.37. The number of hydrogen-bond acceptors (Lipinski definition) is 2. The Labute approximate surface area is 112 Å². The van der Waals surface area contributed by atoms with Crippen molar-refractivity contribution in [3.8, 4) is 0 Å². The third-order valence-electron chi connectivity index (χ3n) is 1.93. The van der Waals surface area contributed by atoms with Crippen LogP contribution in [0.2, 0.25) is 5.15 Å². The van der Waals surface area contributed by atoms with Gasteiger partial charge in [0.15, 0.2) is 0 Å². The van der Waals surface area contributed by atoms with E-state index >= 15 is 0 Å². The normalized spacial score (nSPS) is 15.4. The number of pyridine rings is 1. The van der Waals surface area contributed by atoms with Gasteiger partial charge in [0.1, 0.15) is 0 Å². The van der Waals surface area contributed by atoms with E-state index in [0.29, 0.717) is 5.15 Å². The van der Waals surface area contributed by atoms with Gasteiger partial charge in [-0.2, -0.15) is 0 Å². The van der Waals surface area contributed by atoms with E-state index < -0.39 is 0 Å². The number of halogens is 3. The van der Waals surface area contributed by atoms with Gasteiger partial charge in [-0.05, 0) is 0 Å². The van der Waals surface area contributed by atoms with Crippen LogP contribution in [0.25, 0.3) is 10.2 Å². The Hall–Kier alpha value is -0.0700. The molecular formula is C10H7BrClINO-. The topological polar surface area (TPSA) is 22.1 Å². The van der Waals surface area contributed by atoms with Crippen molar-refractivity contribution in [2.24, 2.45) is 0 Å². The molecule has 1 aromatic rings. The van der Waals surface area contributed by atoms with Gasteiger partial charge in [-0.25, -0.2) is 0 Å². The fourth-order valence-corrected chi connectivity index (χ4v) is 4.14. The first kappa shape index (κ1) is 11.4. The summed E-state index contributed by atoms with van der Waals surface area (Å²) in [4.78, 5) is 4.08. The van der Waals surface area contributed by atoms with Gasteiger partial charge in [-0.3, -0.25) is 0 Å². The third-order valence-corrected chi connectivity index (χ3v) is 5.56. The number of aromatic nitrogens is 1. The van der Waals surface area contributed by atoms with Gasteiger partial charge < -0.3 is 0 Å². The van der Waals surface area contributed by atoms with Crippen LogP contribution in [0.3, 0.4) is 0 Å². The van der Waals surface area contributed by atoms with Crippen molar-refractivity contribution in [3.05, 3.63) is 36.7 Å². The summed E-state index contributed by atoms with van der Waals surface area (Å²) in [5, 5.41) is 0.495. The Kier molecular flexibility index (Phi) is 3.69. The minimum atomic E-state index is -0.125. The predicted molar refractivity (Wildman–Crippen MR) is 61.1 cm³/mol. The maximum absolute atomic E-state index is 5.88. The number of nitrogens with zero attached hydrogens (tertiary/aromatic N) is 1. The predicted octanol–water partition coefficient (Wildman–Crippen LogP) is 0.476. The molecule has 0 unspecified atom stereocenters. The first-order valence-corrected chi connectivity index (χ1v) is 7.76. The number of rotatable bonds is 1. The molecule has 0 spiro atoms. The minimum absolute atomic E-state index is 0.125. The first-order valence-electron chi connectivity index (χ1n) is 4.10. The van der Waals surface area contributed by atoms with Crippen molar-refractivity contribution in [2.45, 2.75) is 0 Å². The van der Waals surface area contributed by atoms with Crippen molar-refractivity contribution in [1.29, 1.82) is 0 Å². The van der Waals surface area contributed by atoms with Crippen LogP contribution in [0.1, 0.15) is 11.1 Å². The fourth-order valence-electron chi connectivity index (χ4n) is 1.24. The number of ether oxygens (including phenoxy) is 1. The SMILES string of the molecule is COC1=C[I-]C=C(Br)c2cc(Cl)ncc21. The Balaban J connectivity index is 2.63. The van der Waals surface area contributed by atoms with E-state index in [0.717, 1.165) is 21.4 Å². The molecule has 0 aromatic carbocycles. The van der Waals surface area contributed by atoms with Crippen LogP contribution in [0.4, 0.5) is 0 Å². The molecular weight excluding hydrogens is 392 g/mol. The Morgan fingerprint density at radius 1 is 1.40 bits per heavy atom. The van der Waals surface area contributed by atoms with Crippen molar-refractivity contribution in [2.75, 3.05) is 7.11 Å². The zero-order valence-electron chi connectivity index (χ0n) is 7.80. The molecule has 0 radical (unpaired) electrons. The van der Waals surface area contributed by atoms with Crippen molar-refractivity contribution < 1.29 is 25.9 Å². The molecule has 15 heavy (non-hydrogen) atoms. The number of hydrogen-bond donors (Lipinski definition) is 0. The Morgan fingerprint density at radius 2 is 2.20 bits per heavy atom. The van der Waals surface area contributed by atoms with Gasteiger partial charge in [0, 0.05) is 0 Å². The summed E-state index contributed by atoms with van der Waals surface area (Å²) < 4.78 is 10.7. The van der Waals surface area contributed by atoms with E-state index in [1.165, 1.54) is 0 Å². The van der Waals surface area contributed by atoms with Crippen LogP contribution in [0, 0.1) is 0 Å². The standard InChI is InChI=1S/C10H7BrClINO/c1-15-9-4-13-3-8(11)6-2-10(12)14-5-7(6)9/h2-5H,1H3/q-1.